The van der Waals surface area contributed by atoms with E-state index in [2.05, 4.69) is 5.32 Å². The number of benzene rings is 1. The van der Waals surface area contributed by atoms with Gasteiger partial charge in [-0.3, -0.25) is 0 Å². The van der Waals surface area contributed by atoms with Crippen LogP contribution in [0.5, 0.6) is 5.75 Å². The van der Waals surface area contributed by atoms with Crippen molar-refractivity contribution < 1.29 is 23.4 Å². The average molecular weight is 324 g/mol. The zero-order chi connectivity index (χ0) is 17.5. The summed E-state index contributed by atoms with van der Waals surface area (Å²) in [5.41, 5.74) is -0.153. The summed E-state index contributed by atoms with van der Waals surface area (Å²) in [5, 5.41) is 11.4. The Morgan fingerprint density at radius 2 is 2.09 bits per heavy atom. The minimum atomic E-state index is -0.655. The molecule has 1 amide bonds. The summed E-state index contributed by atoms with van der Waals surface area (Å²) in [6.45, 7) is 5.96. The lowest BCUT2D eigenvalue weighted by Crippen LogP contribution is -2.34. The van der Waals surface area contributed by atoms with Gasteiger partial charge in [0.15, 0.2) is 0 Å². The molecule has 0 heterocycles. The van der Waals surface area contributed by atoms with Gasteiger partial charge < -0.3 is 19.5 Å². The number of halogens is 1. The van der Waals surface area contributed by atoms with Crippen LogP contribution in [0.1, 0.15) is 31.9 Å². The number of nitrogens with zero attached hydrogens (tertiary/aromatic N) is 1. The first-order valence-electron chi connectivity index (χ1n) is 7.08. The van der Waals surface area contributed by atoms with Gasteiger partial charge in [0, 0.05) is 6.54 Å². The van der Waals surface area contributed by atoms with E-state index in [9.17, 15) is 9.18 Å². The second kappa shape index (κ2) is 8.34. The smallest absolute Gasteiger partial charge is 0.407 e. The maximum atomic E-state index is 13.7. The SMILES string of the molecule is COc1cc(COCCNC(=O)OC(C)(C)C)cc(F)c1C#N. The van der Waals surface area contributed by atoms with Crippen molar-refractivity contribution in [1.29, 1.82) is 5.26 Å². The normalized spacial score (nSPS) is 10.8. The maximum Gasteiger partial charge on any atom is 0.407 e. The molecule has 0 bridgehead atoms. The highest BCUT2D eigenvalue weighted by Crippen LogP contribution is 2.23. The molecule has 126 valence electrons. The fourth-order valence-electron chi connectivity index (χ4n) is 1.72. The van der Waals surface area contributed by atoms with Crippen LogP contribution in [-0.4, -0.2) is 32.0 Å². The van der Waals surface area contributed by atoms with E-state index < -0.39 is 17.5 Å². The van der Waals surface area contributed by atoms with Gasteiger partial charge in [-0.05, 0) is 38.5 Å². The van der Waals surface area contributed by atoms with E-state index >= 15 is 0 Å². The minimum Gasteiger partial charge on any atom is -0.495 e. The molecule has 0 saturated carbocycles. The van der Waals surface area contributed by atoms with E-state index in [0.717, 1.165) is 0 Å². The molecule has 0 spiro atoms. The first-order valence-corrected chi connectivity index (χ1v) is 7.08. The standard InChI is InChI=1S/C16H21FN2O4/c1-16(2,3)23-15(20)19-5-6-22-10-11-7-13(17)12(9-18)14(8-11)21-4/h7-8H,5-6,10H2,1-4H3,(H,19,20). The minimum absolute atomic E-state index is 0.134. The third-order valence-electron chi connectivity index (χ3n) is 2.63. The van der Waals surface area contributed by atoms with Gasteiger partial charge in [-0.2, -0.15) is 5.26 Å². The lowest BCUT2D eigenvalue weighted by Gasteiger charge is -2.19. The van der Waals surface area contributed by atoms with Crippen molar-refractivity contribution in [2.24, 2.45) is 0 Å². The average Bonchev–Trinajstić information content (AvgIpc) is 2.44. The van der Waals surface area contributed by atoms with E-state index in [0.29, 0.717) is 5.56 Å². The van der Waals surface area contributed by atoms with Gasteiger partial charge >= 0.3 is 6.09 Å². The van der Waals surface area contributed by atoms with Crippen LogP contribution in [0.25, 0.3) is 0 Å². The van der Waals surface area contributed by atoms with Crippen LogP contribution in [0, 0.1) is 17.1 Å². The summed E-state index contributed by atoms with van der Waals surface area (Å²) < 4.78 is 29.1. The van der Waals surface area contributed by atoms with Crippen LogP contribution in [0.15, 0.2) is 12.1 Å². The Morgan fingerprint density at radius 3 is 2.65 bits per heavy atom. The molecule has 0 radical (unpaired) electrons. The molecule has 0 atom stereocenters. The Hall–Kier alpha value is -2.33. The fourth-order valence-corrected chi connectivity index (χ4v) is 1.72. The quantitative estimate of drug-likeness (QED) is 0.814. The third kappa shape index (κ3) is 6.53. The lowest BCUT2D eigenvalue weighted by molar-refractivity contribution is 0.0494. The van der Waals surface area contributed by atoms with Gasteiger partial charge in [0.25, 0.3) is 0 Å². The second-order valence-corrected chi connectivity index (χ2v) is 5.75. The van der Waals surface area contributed by atoms with Crippen molar-refractivity contribution in [3.63, 3.8) is 0 Å². The number of nitrogens with one attached hydrogen (secondary N) is 1. The van der Waals surface area contributed by atoms with Crippen molar-refractivity contribution in [1.82, 2.24) is 5.32 Å². The molecule has 1 N–H and O–H groups in total. The number of methoxy groups -OCH3 is 1. The highest BCUT2D eigenvalue weighted by molar-refractivity contribution is 5.67. The van der Waals surface area contributed by atoms with E-state index in [4.69, 9.17) is 19.5 Å². The monoisotopic (exact) mass is 324 g/mol. The molecule has 1 rings (SSSR count). The molecule has 1 aromatic rings. The van der Waals surface area contributed by atoms with Crippen molar-refractivity contribution in [3.8, 4) is 11.8 Å². The number of alkyl carbamates (subject to hydrolysis) is 1. The summed E-state index contributed by atoms with van der Waals surface area (Å²) in [6.07, 6.45) is -0.521. The number of hydrogen-bond acceptors (Lipinski definition) is 5. The Balaban J connectivity index is 2.41. The van der Waals surface area contributed by atoms with E-state index in [1.165, 1.54) is 13.2 Å². The number of hydrogen-bond donors (Lipinski definition) is 1. The molecule has 7 heteroatoms. The molecular weight excluding hydrogens is 303 g/mol. The highest BCUT2D eigenvalue weighted by atomic mass is 19.1. The summed E-state index contributed by atoms with van der Waals surface area (Å²) in [6, 6.07) is 4.52. The van der Waals surface area contributed by atoms with E-state index in [1.54, 1.807) is 32.9 Å². The van der Waals surface area contributed by atoms with Gasteiger partial charge in [-0.15, -0.1) is 0 Å². The summed E-state index contributed by atoms with van der Waals surface area (Å²) >= 11 is 0. The summed E-state index contributed by atoms with van der Waals surface area (Å²) in [7, 11) is 1.37. The van der Waals surface area contributed by atoms with Crippen LogP contribution in [-0.2, 0) is 16.1 Å². The van der Waals surface area contributed by atoms with Crippen LogP contribution < -0.4 is 10.1 Å². The van der Waals surface area contributed by atoms with Crippen molar-refractivity contribution in [3.05, 3.63) is 29.1 Å². The second-order valence-electron chi connectivity index (χ2n) is 5.75. The van der Waals surface area contributed by atoms with Gasteiger partial charge in [-0.25, -0.2) is 9.18 Å². The van der Waals surface area contributed by atoms with Gasteiger partial charge in [0.1, 0.15) is 28.8 Å². The van der Waals surface area contributed by atoms with Crippen LogP contribution in [0.3, 0.4) is 0 Å². The van der Waals surface area contributed by atoms with Gasteiger partial charge in [0.05, 0.1) is 20.3 Å². The first kappa shape index (κ1) is 18.7. The number of nitriles is 1. The zero-order valence-electron chi connectivity index (χ0n) is 13.7. The number of rotatable bonds is 6. The predicted octanol–water partition coefficient (Wildman–Crippen LogP) is 2.75. The molecule has 23 heavy (non-hydrogen) atoms. The van der Waals surface area contributed by atoms with Crippen LogP contribution >= 0.6 is 0 Å². The molecule has 0 aliphatic heterocycles. The highest BCUT2D eigenvalue weighted by Gasteiger charge is 2.15. The molecule has 0 aliphatic carbocycles. The summed E-state index contributed by atoms with van der Waals surface area (Å²) in [5.74, 6) is -0.490. The number of ether oxygens (including phenoxy) is 3. The Labute approximate surface area is 135 Å². The first-order chi connectivity index (χ1) is 10.8. The molecule has 0 fully saturated rings. The Kier molecular flexibility index (Phi) is 6.79. The fraction of sp³-hybridized carbons (Fsp3) is 0.500. The number of carbonyl (C=O) groups excluding carboxylic acids is 1. The van der Waals surface area contributed by atoms with Crippen LogP contribution in [0.4, 0.5) is 9.18 Å². The van der Waals surface area contributed by atoms with Crippen molar-refractivity contribution in [2.75, 3.05) is 20.3 Å². The summed E-state index contributed by atoms with van der Waals surface area (Å²) in [4.78, 5) is 11.4. The van der Waals surface area contributed by atoms with E-state index in [1.807, 2.05) is 0 Å². The molecular formula is C16H21FN2O4. The third-order valence-corrected chi connectivity index (χ3v) is 2.63. The molecule has 6 nitrogen and oxygen atoms in total. The van der Waals surface area contributed by atoms with Crippen molar-refractivity contribution >= 4 is 6.09 Å². The zero-order valence-corrected chi connectivity index (χ0v) is 13.7. The maximum absolute atomic E-state index is 13.7. The molecule has 1 aromatic carbocycles. The lowest BCUT2D eigenvalue weighted by atomic mass is 10.1. The topological polar surface area (TPSA) is 80.6 Å². The number of amides is 1. The molecule has 0 aliphatic rings. The van der Waals surface area contributed by atoms with E-state index in [-0.39, 0.29) is 31.1 Å². The Morgan fingerprint density at radius 1 is 1.39 bits per heavy atom. The number of carbonyl (C=O) groups is 1. The Bertz CT molecular complexity index is 591. The van der Waals surface area contributed by atoms with Crippen LogP contribution in [0.2, 0.25) is 0 Å². The van der Waals surface area contributed by atoms with Gasteiger partial charge in [0.2, 0.25) is 0 Å². The molecule has 0 aromatic heterocycles. The molecule has 0 saturated heterocycles. The largest absolute Gasteiger partial charge is 0.495 e. The molecule has 0 unspecified atom stereocenters. The van der Waals surface area contributed by atoms with Gasteiger partial charge in [-0.1, -0.05) is 0 Å². The van der Waals surface area contributed by atoms with Crippen molar-refractivity contribution in [2.45, 2.75) is 33.0 Å². The predicted molar refractivity (Wildman–Crippen MR) is 81.6 cm³/mol.